The van der Waals surface area contributed by atoms with Gasteiger partial charge in [-0.25, -0.2) is 4.79 Å². The Morgan fingerprint density at radius 3 is 2.56 bits per heavy atom. The number of carboxylic acids is 1. The smallest absolute Gasteiger partial charge is 0.326 e. The van der Waals surface area contributed by atoms with Crippen LogP contribution in [0.3, 0.4) is 0 Å². The third kappa shape index (κ3) is 3.89. The summed E-state index contributed by atoms with van der Waals surface area (Å²) in [6, 6.07) is 1.98. The summed E-state index contributed by atoms with van der Waals surface area (Å²) in [5.74, 6) is -1.66. The fourth-order valence-corrected chi connectivity index (χ4v) is 2.28. The Hall–Kier alpha value is -1.27. The number of carboxylic acid groups (broad SMARTS) is 1. The Balaban J connectivity index is 2.94. The molecule has 0 aliphatic heterocycles. The lowest BCUT2D eigenvalue weighted by molar-refractivity contribution is -0.141. The van der Waals surface area contributed by atoms with Gasteiger partial charge in [0.2, 0.25) is 5.91 Å². The van der Waals surface area contributed by atoms with E-state index in [1.54, 1.807) is 6.07 Å². The number of rotatable bonds is 4. The molecule has 0 aliphatic carbocycles. The van der Waals surface area contributed by atoms with Crippen LogP contribution in [0.25, 0.3) is 0 Å². The zero-order chi connectivity index (χ0) is 13.9. The summed E-state index contributed by atoms with van der Waals surface area (Å²) in [6.07, 6.45) is 0.0769. The molecule has 0 aromatic heterocycles. The van der Waals surface area contributed by atoms with Crippen molar-refractivity contribution < 1.29 is 19.8 Å². The van der Waals surface area contributed by atoms with Crippen molar-refractivity contribution in [3.8, 4) is 5.75 Å². The number of phenolic OH excluding ortho intramolecular Hbond substituents is 1. The molecule has 0 aliphatic rings. The molecule has 7 heteroatoms. The third-order valence-electron chi connectivity index (χ3n) is 2.19. The number of aromatic hydroxyl groups is 1. The largest absolute Gasteiger partial charge is 0.505 e. The topological polar surface area (TPSA) is 86.6 Å². The van der Waals surface area contributed by atoms with Crippen LogP contribution in [-0.2, 0) is 16.0 Å². The van der Waals surface area contributed by atoms with Crippen LogP contribution in [0.1, 0.15) is 12.5 Å². The average Bonchev–Trinajstić information content (AvgIpc) is 2.24. The van der Waals surface area contributed by atoms with Crippen LogP contribution < -0.4 is 5.32 Å². The van der Waals surface area contributed by atoms with Crippen molar-refractivity contribution in [2.45, 2.75) is 19.4 Å². The van der Waals surface area contributed by atoms with Crippen molar-refractivity contribution in [1.82, 2.24) is 5.32 Å². The van der Waals surface area contributed by atoms with Crippen molar-refractivity contribution in [3.05, 3.63) is 27.2 Å². The summed E-state index contributed by atoms with van der Waals surface area (Å²) < 4.78 is 0.372. The maximum atomic E-state index is 11.0. The zero-order valence-electron chi connectivity index (χ0n) is 9.41. The van der Waals surface area contributed by atoms with Crippen LogP contribution in [0, 0.1) is 0 Å². The Kier molecular flexibility index (Phi) is 4.98. The lowest BCUT2D eigenvalue weighted by Crippen LogP contribution is -2.41. The molecule has 0 spiro atoms. The van der Waals surface area contributed by atoms with Gasteiger partial charge in [-0.1, -0.05) is 11.6 Å². The Morgan fingerprint density at radius 2 is 2.11 bits per heavy atom. The SMILES string of the molecule is CC(=O)N[C@@H](Cc1cc(Cl)c(O)c(Br)c1)C(=O)O. The molecular formula is C11H11BrClNO4. The molecule has 5 nitrogen and oxygen atoms in total. The van der Waals surface area contributed by atoms with Crippen molar-refractivity contribution in [1.29, 1.82) is 0 Å². The molecule has 18 heavy (non-hydrogen) atoms. The number of carbonyl (C=O) groups excluding carboxylic acids is 1. The van der Waals surface area contributed by atoms with Crippen molar-refractivity contribution in [2.24, 2.45) is 0 Å². The third-order valence-corrected chi connectivity index (χ3v) is 3.08. The van der Waals surface area contributed by atoms with Crippen LogP contribution in [0.15, 0.2) is 16.6 Å². The van der Waals surface area contributed by atoms with Gasteiger partial charge in [0.05, 0.1) is 9.50 Å². The minimum absolute atomic E-state index is 0.0769. The van der Waals surface area contributed by atoms with Crippen LogP contribution in [0.5, 0.6) is 5.75 Å². The highest BCUT2D eigenvalue weighted by molar-refractivity contribution is 9.10. The number of hydrogen-bond donors (Lipinski definition) is 3. The Labute approximate surface area is 117 Å². The van der Waals surface area contributed by atoms with E-state index in [4.69, 9.17) is 16.7 Å². The minimum atomic E-state index is -1.13. The maximum Gasteiger partial charge on any atom is 0.326 e. The van der Waals surface area contributed by atoms with E-state index in [2.05, 4.69) is 21.2 Å². The molecular weight excluding hydrogens is 325 g/mol. The molecule has 0 saturated heterocycles. The first-order chi connectivity index (χ1) is 8.31. The maximum absolute atomic E-state index is 11.0. The number of nitrogens with one attached hydrogen (secondary N) is 1. The second-order valence-corrected chi connectivity index (χ2v) is 4.97. The van der Waals surface area contributed by atoms with E-state index in [0.717, 1.165) is 0 Å². The molecule has 1 amide bonds. The molecule has 1 atom stereocenters. The summed E-state index contributed by atoms with van der Waals surface area (Å²) in [7, 11) is 0. The van der Waals surface area contributed by atoms with Gasteiger partial charge in [0.25, 0.3) is 0 Å². The number of carbonyl (C=O) groups is 2. The van der Waals surface area contributed by atoms with Gasteiger partial charge < -0.3 is 15.5 Å². The van der Waals surface area contributed by atoms with Gasteiger partial charge in [-0.3, -0.25) is 4.79 Å². The summed E-state index contributed by atoms with van der Waals surface area (Å²) in [4.78, 5) is 21.9. The summed E-state index contributed by atoms with van der Waals surface area (Å²) in [5, 5.41) is 20.9. The fourth-order valence-electron chi connectivity index (χ4n) is 1.42. The predicted molar refractivity (Wildman–Crippen MR) is 69.8 cm³/mol. The molecule has 0 unspecified atom stereocenters. The van der Waals surface area contributed by atoms with E-state index in [1.165, 1.54) is 13.0 Å². The van der Waals surface area contributed by atoms with Crippen molar-refractivity contribution in [3.63, 3.8) is 0 Å². The van der Waals surface area contributed by atoms with Crippen LogP contribution >= 0.6 is 27.5 Å². The first kappa shape index (κ1) is 14.8. The number of halogens is 2. The molecule has 1 rings (SSSR count). The van der Waals surface area contributed by atoms with Crippen LogP contribution in [0.2, 0.25) is 5.02 Å². The molecule has 3 N–H and O–H groups in total. The van der Waals surface area contributed by atoms with E-state index >= 15 is 0 Å². The van der Waals surface area contributed by atoms with E-state index in [9.17, 15) is 14.7 Å². The van der Waals surface area contributed by atoms with Gasteiger partial charge in [-0.2, -0.15) is 0 Å². The van der Waals surface area contributed by atoms with Crippen LogP contribution in [-0.4, -0.2) is 28.1 Å². The molecule has 0 saturated carbocycles. The number of phenols is 1. The molecule has 0 bridgehead atoms. The lowest BCUT2D eigenvalue weighted by atomic mass is 10.1. The average molecular weight is 337 g/mol. The monoisotopic (exact) mass is 335 g/mol. The van der Waals surface area contributed by atoms with E-state index in [-0.39, 0.29) is 17.2 Å². The highest BCUT2D eigenvalue weighted by Crippen LogP contribution is 2.33. The van der Waals surface area contributed by atoms with Gasteiger partial charge in [-0.15, -0.1) is 0 Å². The molecule has 0 fully saturated rings. The lowest BCUT2D eigenvalue weighted by Gasteiger charge is -2.14. The van der Waals surface area contributed by atoms with Crippen molar-refractivity contribution >= 4 is 39.4 Å². The first-order valence-corrected chi connectivity index (χ1v) is 6.15. The zero-order valence-corrected chi connectivity index (χ0v) is 11.7. The van der Waals surface area contributed by atoms with Gasteiger partial charge in [0.15, 0.2) is 0 Å². The van der Waals surface area contributed by atoms with Gasteiger partial charge >= 0.3 is 5.97 Å². The summed E-state index contributed by atoms with van der Waals surface area (Å²) >= 11 is 8.88. The normalized spacial score (nSPS) is 11.9. The number of benzene rings is 1. The molecule has 1 aromatic rings. The minimum Gasteiger partial charge on any atom is -0.505 e. The quantitative estimate of drug-likeness (QED) is 0.784. The second-order valence-electron chi connectivity index (χ2n) is 3.70. The van der Waals surface area contributed by atoms with Gasteiger partial charge in [-0.05, 0) is 33.6 Å². The van der Waals surface area contributed by atoms with Crippen molar-refractivity contribution in [2.75, 3.05) is 0 Å². The summed E-state index contributed by atoms with van der Waals surface area (Å²) in [6.45, 7) is 1.25. The Bertz CT molecular complexity index is 469. The first-order valence-electron chi connectivity index (χ1n) is 4.98. The number of hydrogen-bond acceptors (Lipinski definition) is 3. The van der Waals surface area contributed by atoms with E-state index < -0.39 is 17.9 Å². The van der Waals surface area contributed by atoms with Gasteiger partial charge in [0, 0.05) is 13.3 Å². The predicted octanol–water partition coefficient (Wildman–Crippen LogP) is 1.94. The van der Waals surface area contributed by atoms with E-state index in [1.807, 2.05) is 0 Å². The highest BCUT2D eigenvalue weighted by atomic mass is 79.9. The molecule has 0 radical (unpaired) electrons. The standard InChI is InChI=1S/C11H11BrClNO4/c1-5(15)14-9(11(17)18)4-6-2-7(12)10(16)8(13)3-6/h2-3,9,16H,4H2,1H3,(H,14,15)(H,17,18)/t9-/m0/s1. The van der Waals surface area contributed by atoms with Gasteiger partial charge in [0.1, 0.15) is 11.8 Å². The Morgan fingerprint density at radius 1 is 1.50 bits per heavy atom. The summed E-state index contributed by atoms with van der Waals surface area (Å²) in [5.41, 5.74) is 0.589. The second kappa shape index (κ2) is 6.06. The number of aliphatic carboxylic acids is 1. The van der Waals surface area contributed by atoms with E-state index in [0.29, 0.717) is 10.0 Å². The fraction of sp³-hybridized carbons (Fsp3) is 0.273. The number of amides is 1. The molecule has 98 valence electrons. The molecule has 1 aromatic carbocycles. The highest BCUT2D eigenvalue weighted by Gasteiger charge is 2.19. The molecule has 0 heterocycles. The van der Waals surface area contributed by atoms with Crippen LogP contribution in [0.4, 0.5) is 0 Å².